The molecule has 5 nitrogen and oxygen atoms in total. The molecule has 0 spiro atoms. The van der Waals surface area contributed by atoms with Gasteiger partial charge in [-0.3, -0.25) is 9.69 Å². The van der Waals surface area contributed by atoms with E-state index in [1.54, 1.807) is 0 Å². The molecule has 3 rings (SSSR count). The van der Waals surface area contributed by atoms with Gasteiger partial charge < -0.3 is 14.7 Å². The van der Waals surface area contributed by atoms with Crippen molar-refractivity contribution in [2.75, 3.05) is 37.7 Å². The normalized spacial score (nSPS) is 22.9. The van der Waals surface area contributed by atoms with Gasteiger partial charge in [-0.15, -0.1) is 0 Å². The van der Waals surface area contributed by atoms with Crippen LogP contribution in [0.5, 0.6) is 0 Å². The predicted octanol–water partition coefficient (Wildman–Crippen LogP) is 1.74. The van der Waals surface area contributed by atoms with Crippen LogP contribution in [0, 0.1) is 0 Å². The molecule has 2 aliphatic heterocycles. The molecular formula is C18H26N2O3. The summed E-state index contributed by atoms with van der Waals surface area (Å²) in [4.78, 5) is 16.3. The molecule has 0 bridgehead atoms. The van der Waals surface area contributed by atoms with Crippen molar-refractivity contribution in [1.82, 2.24) is 4.90 Å². The van der Waals surface area contributed by atoms with Crippen LogP contribution in [0.1, 0.15) is 37.5 Å². The third kappa shape index (κ3) is 3.42. The minimum atomic E-state index is -0.496. The number of ether oxygens (including phenoxy) is 1. The number of carbonyl (C=O) groups excluding carboxylic acids is 1. The molecule has 0 aromatic heterocycles. The van der Waals surface area contributed by atoms with Crippen molar-refractivity contribution in [2.45, 2.75) is 38.8 Å². The topological polar surface area (TPSA) is 53.0 Å². The van der Waals surface area contributed by atoms with Gasteiger partial charge in [-0.25, -0.2) is 0 Å². The maximum atomic E-state index is 12.1. The number of carbonyl (C=O) groups is 1. The molecule has 1 aromatic carbocycles. The van der Waals surface area contributed by atoms with Gasteiger partial charge in [0.2, 0.25) is 5.91 Å². The first-order valence-corrected chi connectivity index (χ1v) is 8.53. The summed E-state index contributed by atoms with van der Waals surface area (Å²) in [5.41, 5.74) is 3.11. The molecule has 23 heavy (non-hydrogen) atoms. The van der Waals surface area contributed by atoms with Gasteiger partial charge in [0.15, 0.2) is 0 Å². The van der Waals surface area contributed by atoms with Crippen molar-refractivity contribution in [3.8, 4) is 0 Å². The number of aliphatic hydroxyl groups is 1. The fourth-order valence-electron chi connectivity index (χ4n) is 3.54. The predicted molar refractivity (Wildman–Crippen MR) is 89.6 cm³/mol. The van der Waals surface area contributed by atoms with Gasteiger partial charge in [0, 0.05) is 37.8 Å². The fraction of sp³-hybridized carbons (Fsp3) is 0.611. The zero-order valence-corrected chi connectivity index (χ0v) is 14.0. The second-order valence-corrected chi connectivity index (χ2v) is 6.49. The largest absolute Gasteiger partial charge is 0.387 e. The highest BCUT2D eigenvalue weighted by Crippen LogP contribution is 2.34. The molecule has 0 radical (unpaired) electrons. The molecule has 1 amide bonds. The second kappa shape index (κ2) is 6.99. The Bertz CT molecular complexity index is 569. The van der Waals surface area contributed by atoms with E-state index in [9.17, 15) is 9.90 Å². The van der Waals surface area contributed by atoms with E-state index in [-0.39, 0.29) is 11.9 Å². The maximum absolute atomic E-state index is 12.1. The highest BCUT2D eigenvalue weighted by Gasteiger charge is 2.30. The average Bonchev–Trinajstić information content (AvgIpc) is 2.90. The highest BCUT2D eigenvalue weighted by molar-refractivity contribution is 5.96. The molecule has 2 heterocycles. The summed E-state index contributed by atoms with van der Waals surface area (Å²) in [5, 5.41) is 10.5. The Morgan fingerprint density at radius 2 is 2.13 bits per heavy atom. The molecule has 2 aliphatic rings. The number of β-amino-alcohol motifs (C(OH)–C–C–N with tert-alkyl or cyclic N) is 1. The zero-order valence-electron chi connectivity index (χ0n) is 14.0. The number of nitrogens with zero attached hydrogens (tertiary/aromatic N) is 2. The van der Waals surface area contributed by atoms with Crippen LogP contribution in [0.3, 0.4) is 0 Å². The lowest BCUT2D eigenvalue weighted by Gasteiger charge is -2.28. The summed E-state index contributed by atoms with van der Waals surface area (Å²) in [6, 6.07) is 6.21. The van der Waals surface area contributed by atoms with E-state index in [0.29, 0.717) is 13.0 Å². The Labute approximate surface area is 137 Å². The Morgan fingerprint density at radius 3 is 2.83 bits per heavy atom. The Morgan fingerprint density at radius 1 is 1.39 bits per heavy atom. The zero-order chi connectivity index (χ0) is 16.4. The SMILES string of the molecule is CCC(=O)N1c2ccc([C@@H](O)CN3CCOCC3)cc2C[C@H]1C. The van der Waals surface area contributed by atoms with Crippen LogP contribution >= 0.6 is 0 Å². The minimum absolute atomic E-state index is 0.165. The third-order valence-electron chi connectivity index (χ3n) is 4.81. The van der Waals surface area contributed by atoms with E-state index in [4.69, 9.17) is 4.74 Å². The number of amides is 1. The van der Waals surface area contributed by atoms with E-state index in [0.717, 1.165) is 49.5 Å². The number of rotatable bonds is 4. The molecule has 0 unspecified atom stereocenters. The molecule has 1 N–H and O–H groups in total. The number of fused-ring (bicyclic) bond motifs is 1. The van der Waals surface area contributed by atoms with Gasteiger partial charge in [-0.1, -0.05) is 19.1 Å². The van der Waals surface area contributed by atoms with Crippen LogP contribution in [0.4, 0.5) is 5.69 Å². The fourth-order valence-corrected chi connectivity index (χ4v) is 3.54. The minimum Gasteiger partial charge on any atom is -0.387 e. The van der Waals surface area contributed by atoms with Gasteiger partial charge in [0.05, 0.1) is 19.3 Å². The smallest absolute Gasteiger partial charge is 0.226 e. The van der Waals surface area contributed by atoms with Crippen molar-refractivity contribution in [3.05, 3.63) is 29.3 Å². The van der Waals surface area contributed by atoms with Crippen LogP contribution < -0.4 is 4.90 Å². The lowest BCUT2D eigenvalue weighted by Crippen LogP contribution is -2.38. The summed E-state index contributed by atoms with van der Waals surface area (Å²) in [6.45, 7) is 7.83. The van der Waals surface area contributed by atoms with Crippen LogP contribution in [-0.2, 0) is 16.0 Å². The number of benzene rings is 1. The molecule has 0 aliphatic carbocycles. The number of morpholine rings is 1. The van der Waals surface area contributed by atoms with E-state index in [2.05, 4.69) is 17.9 Å². The molecule has 1 saturated heterocycles. The Kier molecular flexibility index (Phi) is 4.99. The standard InChI is InChI=1S/C18H26N2O3/c1-3-18(22)20-13(2)10-15-11-14(4-5-16(15)20)17(21)12-19-6-8-23-9-7-19/h4-5,11,13,17,21H,3,6-10,12H2,1-2H3/t13-,17+/m1/s1. The second-order valence-electron chi connectivity index (χ2n) is 6.49. The molecule has 1 aromatic rings. The Balaban J connectivity index is 1.73. The maximum Gasteiger partial charge on any atom is 0.226 e. The summed E-state index contributed by atoms with van der Waals surface area (Å²) < 4.78 is 5.34. The quantitative estimate of drug-likeness (QED) is 0.919. The van der Waals surface area contributed by atoms with Crippen LogP contribution in [0.15, 0.2) is 18.2 Å². The lowest BCUT2D eigenvalue weighted by atomic mass is 10.0. The van der Waals surface area contributed by atoms with E-state index in [1.807, 2.05) is 24.0 Å². The first kappa shape index (κ1) is 16.4. The van der Waals surface area contributed by atoms with Crippen molar-refractivity contribution >= 4 is 11.6 Å². The van der Waals surface area contributed by atoms with Gasteiger partial charge in [-0.05, 0) is 30.5 Å². The van der Waals surface area contributed by atoms with E-state index in [1.165, 1.54) is 0 Å². The summed E-state index contributed by atoms with van der Waals surface area (Å²) >= 11 is 0. The van der Waals surface area contributed by atoms with Crippen LogP contribution in [0.25, 0.3) is 0 Å². The number of aliphatic hydroxyl groups excluding tert-OH is 1. The molecule has 5 heteroatoms. The van der Waals surface area contributed by atoms with E-state index >= 15 is 0 Å². The summed E-state index contributed by atoms with van der Waals surface area (Å²) in [7, 11) is 0. The van der Waals surface area contributed by atoms with Crippen LogP contribution in [0.2, 0.25) is 0 Å². The number of anilines is 1. The monoisotopic (exact) mass is 318 g/mol. The van der Waals surface area contributed by atoms with Gasteiger partial charge in [-0.2, -0.15) is 0 Å². The summed E-state index contributed by atoms with van der Waals surface area (Å²) in [5.74, 6) is 0.165. The summed E-state index contributed by atoms with van der Waals surface area (Å²) in [6.07, 6.45) is 0.884. The molecular weight excluding hydrogens is 292 g/mol. The van der Waals surface area contributed by atoms with Gasteiger partial charge in [0.1, 0.15) is 0 Å². The van der Waals surface area contributed by atoms with Crippen molar-refractivity contribution in [3.63, 3.8) is 0 Å². The lowest BCUT2D eigenvalue weighted by molar-refractivity contribution is -0.118. The first-order valence-electron chi connectivity index (χ1n) is 8.53. The molecule has 0 saturated carbocycles. The number of hydrogen-bond donors (Lipinski definition) is 1. The highest BCUT2D eigenvalue weighted by atomic mass is 16.5. The van der Waals surface area contributed by atoms with Crippen molar-refractivity contribution in [2.24, 2.45) is 0 Å². The molecule has 2 atom stereocenters. The van der Waals surface area contributed by atoms with Crippen molar-refractivity contribution in [1.29, 1.82) is 0 Å². The van der Waals surface area contributed by atoms with Gasteiger partial charge >= 0.3 is 0 Å². The molecule has 1 fully saturated rings. The average molecular weight is 318 g/mol. The van der Waals surface area contributed by atoms with Crippen molar-refractivity contribution < 1.29 is 14.6 Å². The first-order chi connectivity index (χ1) is 11.1. The van der Waals surface area contributed by atoms with E-state index < -0.39 is 6.10 Å². The third-order valence-corrected chi connectivity index (χ3v) is 4.81. The Hall–Kier alpha value is -1.43. The van der Waals surface area contributed by atoms with Gasteiger partial charge in [0.25, 0.3) is 0 Å². The molecule has 126 valence electrons. The van der Waals surface area contributed by atoms with Crippen LogP contribution in [-0.4, -0.2) is 54.8 Å². The number of hydrogen-bond acceptors (Lipinski definition) is 4.